The summed E-state index contributed by atoms with van der Waals surface area (Å²) in [6.45, 7) is 5.32. The van der Waals surface area contributed by atoms with Gasteiger partial charge in [-0.05, 0) is 31.4 Å². The van der Waals surface area contributed by atoms with Gasteiger partial charge in [0.2, 0.25) is 0 Å². The Morgan fingerprint density at radius 1 is 1.50 bits per heavy atom. The number of hydrogen-bond donors (Lipinski definition) is 2. The Hall–Kier alpha value is -1.86. The number of aliphatic hydroxyl groups excluding tert-OH is 1. The molecule has 2 heterocycles. The maximum atomic E-state index is 12.2. The molecule has 0 spiro atoms. The molecule has 1 atom stereocenters. The average Bonchev–Trinajstić information content (AvgIpc) is 3.43. The highest BCUT2D eigenvalue weighted by Gasteiger charge is 2.31. The lowest BCUT2D eigenvalue weighted by molar-refractivity contribution is 0.0529. The first kappa shape index (κ1) is 17.0. The molecular weight excluding hydrogens is 308 g/mol. The first-order valence-corrected chi connectivity index (χ1v) is 8.64. The van der Waals surface area contributed by atoms with Gasteiger partial charge in [-0.15, -0.1) is 0 Å². The van der Waals surface area contributed by atoms with Gasteiger partial charge < -0.3 is 25.0 Å². The van der Waals surface area contributed by atoms with Crippen molar-refractivity contribution in [3.63, 3.8) is 0 Å². The van der Waals surface area contributed by atoms with Crippen molar-refractivity contribution in [2.45, 2.75) is 38.5 Å². The number of ether oxygens (including phenoxy) is 1. The van der Waals surface area contributed by atoms with Crippen LogP contribution < -0.4 is 10.2 Å². The first-order chi connectivity index (χ1) is 11.7. The van der Waals surface area contributed by atoms with Crippen LogP contribution in [0.4, 0.5) is 10.6 Å². The summed E-state index contributed by atoms with van der Waals surface area (Å²) in [6.07, 6.45) is 4.09. The third-order valence-corrected chi connectivity index (χ3v) is 4.41. The zero-order valence-corrected chi connectivity index (χ0v) is 14.1. The van der Waals surface area contributed by atoms with Gasteiger partial charge in [-0.2, -0.15) is 0 Å². The number of morpholine rings is 1. The van der Waals surface area contributed by atoms with Gasteiger partial charge in [0.1, 0.15) is 5.82 Å². The Balaban J connectivity index is 1.51. The monoisotopic (exact) mass is 334 g/mol. The van der Waals surface area contributed by atoms with E-state index in [9.17, 15) is 4.79 Å². The van der Waals surface area contributed by atoms with E-state index in [2.05, 4.69) is 22.1 Å². The molecule has 7 nitrogen and oxygen atoms in total. The van der Waals surface area contributed by atoms with Crippen LogP contribution in [0.25, 0.3) is 0 Å². The van der Waals surface area contributed by atoms with Gasteiger partial charge in [0.15, 0.2) is 0 Å². The zero-order valence-electron chi connectivity index (χ0n) is 14.1. The minimum atomic E-state index is -0.113. The second-order valence-electron chi connectivity index (χ2n) is 6.46. The second-order valence-corrected chi connectivity index (χ2v) is 6.46. The summed E-state index contributed by atoms with van der Waals surface area (Å²) in [6, 6.07) is 4.17. The minimum Gasteiger partial charge on any atom is -0.395 e. The maximum absolute atomic E-state index is 12.2. The number of nitrogens with one attached hydrogen (secondary N) is 1. The van der Waals surface area contributed by atoms with Crippen LogP contribution in [0, 0.1) is 0 Å². The molecule has 24 heavy (non-hydrogen) atoms. The van der Waals surface area contributed by atoms with Crippen molar-refractivity contribution in [3.8, 4) is 0 Å². The number of rotatable bonds is 6. The number of nitrogens with zero attached hydrogens (tertiary/aromatic N) is 3. The van der Waals surface area contributed by atoms with Gasteiger partial charge in [0.25, 0.3) is 0 Å². The van der Waals surface area contributed by atoms with Crippen LogP contribution in [0.1, 0.15) is 25.3 Å². The van der Waals surface area contributed by atoms with E-state index in [4.69, 9.17) is 9.84 Å². The standard InChI is InChI=1S/C17H26N4O3/c1-13-12-20(7-9-24-13)16-5-2-14(10-18-16)11-19-17(23)21(6-8-22)15-3-4-15/h2,5,10,13,15,22H,3-4,6-9,11-12H2,1H3,(H,19,23)/t13-/m1/s1. The van der Waals surface area contributed by atoms with Crippen molar-refractivity contribution in [1.82, 2.24) is 15.2 Å². The predicted molar refractivity (Wildman–Crippen MR) is 90.9 cm³/mol. The van der Waals surface area contributed by atoms with Crippen molar-refractivity contribution in [2.24, 2.45) is 0 Å². The molecule has 1 aromatic rings. The number of urea groups is 1. The molecule has 2 N–H and O–H groups in total. The third-order valence-electron chi connectivity index (χ3n) is 4.41. The quantitative estimate of drug-likeness (QED) is 0.811. The number of aliphatic hydroxyl groups is 1. The fraction of sp³-hybridized carbons (Fsp3) is 0.647. The van der Waals surface area contributed by atoms with Gasteiger partial charge in [-0.1, -0.05) is 6.07 Å². The van der Waals surface area contributed by atoms with E-state index in [0.717, 1.165) is 43.9 Å². The number of carbonyl (C=O) groups excluding carboxylic acids is 1. The van der Waals surface area contributed by atoms with E-state index < -0.39 is 0 Å². The molecular formula is C17H26N4O3. The molecule has 1 aliphatic heterocycles. The molecule has 1 aliphatic carbocycles. The van der Waals surface area contributed by atoms with Crippen molar-refractivity contribution in [1.29, 1.82) is 0 Å². The predicted octanol–water partition coefficient (Wildman–Crippen LogP) is 0.973. The van der Waals surface area contributed by atoms with Crippen LogP contribution in [0.3, 0.4) is 0 Å². The van der Waals surface area contributed by atoms with Crippen LogP contribution in [0.15, 0.2) is 18.3 Å². The zero-order chi connectivity index (χ0) is 16.9. The highest BCUT2D eigenvalue weighted by Crippen LogP contribution is 2.26. The fourth-order valence-corrected chi connectivity index (χ4v) is 2.96. The van der Waals surface area contributed by atoms with Gasteiger partial charge in [-0.25, -0.2) is 9.78 Å². The molecule has 7 heteroatoms. The van der Waals surface area contributed by atoms with Crippen molar-refractivity contribution in [2.75, 3.05) is 37.7 Å². The summed E-state index contributed by atoms with van der Waals surface area (Å²) in [4.78, 5) is 20.6. The normalized spacial score (nSPS) is 20.8. The molecule has 1 aromatic heterocycles. The Bertz CT molecular complexity index is 547. The van der Waals surface area contributed by atoms with Crippen LogP contribution >= 0.6 is 0 Å². The molecule has 132 valence electrons. The molecule has 2 amide bonds. The first-order valence-electron chi connectivity index (χ1n) is 8.64. The molecule has 0 unspecified atom stereocenters. The largest absolute Gasteiger partial charge is 0.395 e. The maximum Gasteiger partial charge on any atom is 0.317 e. The SMILES string of the molecule is C[C@@H]1CN(c2ccc(CNC(=O)N(CCO)C3CC3)cn2)CCO1. The smallest absolute Gasteiger partial charge is 0.317 e. The fourth-order valence-electron chi connectivity index (χ4n) is 2.96. The van der Waals surface area contributed by atoms with Crippen LogP contribution in [0.5, 0.6) is 0 Å². The van der Waals surface area contributed by atoms with E-state index in [1.807, 2.05) is 18.3 Å². The summed E-state index contributed by atoms with van der Waals surface area (Å²) < 4.78 is 5.55. The lowest BCUT2D eigenvalue weighted by atomic mass is 10.2. The molecule has 0 aromatic carbocycles. The average molecular weight is 334 g/mol. The van der Waals surface area contributed by atoms with E-state index in [-0.39, 0.29) is 18.7 Å². The number of pyridine rings is 1. The molecule has 2 fully saturated rings. The lowest BCUT2D eigenvalue weighted by Gasteiger charge is -2.32. The summed E-state index contributed by atoms with van der Waals surface area (Å²) in [5, 5.41) is 12.0. The number of amides is 2. The van der Waals surface area contributed by atoms with E-state index in [1.54, 1.807) is 4.90 Å². The topological polar surface area (TPSA) is 77.9 Å². The molecule has 3 rings (SSSR count). The summed E-state index contributed by atoms with van der Waals surface area (Å²) in [7, 11) is 0. The number of anilines is 1. The molecule has 0 bridgehead atoms. The van der Waals surface area contributed by atoms with Crippen molar-refractivity contribution >= 4 is 11.8 Å². The van der Waals surface area contributed by atoms with Crippen LogP contribution in [-0.4, -0.2) is 66.0 Å². The molecule has 0 radical (unpaired) electrons. The van der Waals surface area contributed by atoms with Gasteiger partial charge in [0, 0.05) is 38.4 Å². The van der Waals surface area contributed by atoms with E-state index >= 15 is 0 Å². The molecule has 2 aliphatic rings. The van der Waals surface area contributed by atoms with Crippen molar-refractivity contribution < 1.29 is 14.6 Å². The number of hydrogen-bond acceptors (Lipinski definition) is 5. The second kappa shape index (κ2) is 7.81. The third kappa shape index (κ3) is 4.36. The Kier molecular flexibility index (Phi) is 5.52. The number of aromatic nitrogens is 1. The summed E-state index contributed by atoms with van der Waals surface area (Å²) >= 11 is 0. The van der Waals surface area contributed by atoms with E-state index in [0.29, 0.717) is 19.1 Å². The molecule has 1 saturated heterocycles. The van der Waals surface area contributed by atoms with Gasteiger partial charge in [-0.3, -0.25) is 0 Å². The van der Waals surface area contributed by atoms with Gasteiger partial charge in [0.05, 0.1) is 19.3 Å². The van der Waals surface area contributed by atoms with Crippen molar-refractivity contribution in [3.05, 3.63) is 23.9 Å². The lowest BCUT2D eigenvalue weighted by Crippen LogP contribution is -2.42. The minimum absolute atomic E-state index is 0.00184. The van der Waals surface area contributed by atoms with E-state index in [1.165, 1.54) is 0 Å². The van der Waals surface area contributed by atoms with Gasteiger partial charge >= 0.3 is 6.03 Å². The van der Waals surface area contributed by atoms with Crippen LogP contribution in [-0.2, 0) is 11.3 Å². The Morgan fingerprint density at radius 2 is 2.33 bits per heavy atom. The summed E-state index contributed by atoms with van der Waals surface area (Å²) in [5.41, 5.74) is 0.966. The molecule has 1 saturated carbocycles. The highest BCUT2D eigenvalue weighted by atomic mass is 16.5. The Labute approximate surface area is 142 Å². The highest BCUT2D eigenvalue weighted by molar-refractivity contribution is 5.74. The summed E-state index contributed by atoms with van der Waals surface area (Å²) in [5.74, 6) is 0.945. The Morgan fingerprint density at radius 3 is 2.96 bits per heavy atom. The van der Waals surface area contributed by atoms with Crippen LogP contribution in [0.2, 0.25) is 0 Å². The number of carbonyl (C=O) groups is 1.